The Morgan fingerprint density at radius 3 is 2.87 bits per heavy atom. The van der Waals surface area contributed by atoms with Crippen LogP contribution in [0, 0.1) is 23.1 Å². The van der Waals surface area contributed by atoms with E-state index in [0.717, 1.165) is 0 Å². The second-order valence-corrected chi connectivity index (χ2v) is 4.48. The van der Waals surface area contributed by atoms with Gasteiger partial charge in [-0.05, 0) is 46.8 Å². The molecule has 0 aromatic heterocycles. The fourth-order valence-electron chi connectivity index (χ4n) is 1.28. The maximum Gasteiger partial charge on any atom is 0.151 e. The van der Waals surface area contributed by atoms with E-state index in [9.17, 15) is 4.39 Å². The molecule has 0 unspecified atom stereocenters. The Morgan fingerprint density at radius 1 is 1.53 bits per heavy atom. The maximum atomic E-state index is 13.0. The van der Waals surface area contributed by atoms with Crippen molar-refractivity contribution in [2.24, 2.45) is 5.92 Å². The van der Waals surface area contributed by atoms with Gasteiger partial charge in [-0.3, -0.25) is 0 Å². The Bertz CT molecular complexity index is 423. The highest BCUT2D eigenvalue weighted by atomic mass is 79.9. The van der Waals surface area contributed by atoms with E-state index in [1.54, 1.807) is 0 Å². The third-order valence-electron chi connectivity index (χ3n) is 2.29. The van der Waals surface area contributed by atoms with Gasteiger partial charge in [0.2, 0.25) is 0 Å². The summed E-state index contributed by atoms with van der Waals surface area (Å²) in [7, 11) is 0. The molecule has 2 rings (SSSR count). The van der Waals surface area contributed by atoms with Gasteiger partial charge in [0, 0.05) is 0 Å². The molecule has 78 valence electrons. The molecule has 1 aromatic rings. The molecule has 1 fully saturated rings. The van der Waals surface area contributed by atoms with E-state index >= 15 is 0 Å². The molecule has 0 amide bonds. The van der Waals surface area contributed by atoms with E-state index in [1.165, 1.54) is 25.0 Å². The highest BCUT2D eigenvalue weighted by molar-refractivity contribution is 9.10. The molecule has 1 aliphatic rings. The summed E-state index contributed by atoms with van der Waals surface area (Å²) in [5, 5.41) is 8.83. The van der Waals surface area contributed by atoms with Gasteiger partial charge in [0.15, 0.2) is 5.75 Å². The molecule has 1 aromatic carbocycles. The smallest absolute Gasteiger partial charge is 0.151 e. The zero-order valence-electron chi connectivity index (χ0n) is 7.96. The summed E-state index contributed by atoms with van der Waals surface area (Å²) >= 11 is 3.19. The molecule has 0 heterocycles. The average Bonchev–Trinajstić information content (AvgIpc) is 2.99. The van der Waals surface area contributed by atoms with Crippen molar-refractivity contribution < 1.29 is 9.13 Å². The minimum atomic E-state index is -0.433. The van der Waals surface area contributed by atoms with Crippen molar-refractivity contribution in [3.05, 3.63) is 28.0 Å². The van der Waals surface area contributed by atoms with Crippen LogP contribution in [-0.4, -0.2) is 6.61 Å². The van der Waals surface area contributed by atoms with E-state index in [0.29, 0.717) is 22.7 Å². The summed E-state index contributed by atoms with van der Waals surface area (Å²) < 4.78 is 19.0. The number of nitriles is 1. The average molecular weight is 270 g/mol. The first-order valence-electron chi connectivity index (χ1n) is 4.72. The quantitative estimate of drug-likeness (QED) is 0.844. The fourth-order valence-corrected chi connectivity index (χ4v) is 1.82. The summed E-state index contributed by atoms with van der Waals surface area (Å²) in [6.45, 7) is 0.610. The highest BCUT2D eigenvalue weighted by Gasteiger charge is 2.23. The van der Waals surface area contributed by atoms with Crippen LogP contribution in [0.3, 0.4) is 0 Å². The summed E-state index contributed by atoms with van der Waals surface area (Å²) in [5.41, 5.74) is 0.238. The molecule has 0 N–H and O–H groups in total. The van der Waals surface area contributed by atoms with E-state index in [4.69, 9.17) is 10.00 Å². The third-order valence-corrected chi connectivity index (χ3v) is 2.88. The lowest BCUT2D eigenvalue weighted by molar-refractivity contribution is 0.296. The Hall–Kier alpha value is -1.08. The topological polar surface area (TPSA) is 33.0 Å². The molecule has 0 atom stereocenters. The normalized spacial score (nSPS) is 14.7. The number of halogens is 2. The van der Waals surface area contributed by atoms with Crippen molar-refractivity contribution in [2.45, 2.75) is 12.8 Å². The Morgan fingerprint density at radius 2 is 2.27 bits per heavy atom. The molecule has 0 spiro atoms. The minimum Gasteiger partial charge on any atom is -0.491 e. The van der Waals surface area contributed by atoms with Crippen molar-refractivity contribution >= 4 is 15.9 Å². The van der Waals surface area contributed by atoms with Crippen LogP contribution in [0.1, 0.15) is 18.4 Å². The van der Waals surface area contributed by atoms with E-state index < -0.39 is 5.82 Å². The number of benzene rings is 1. The van der Waals surface area contributed by atoms with E-state index in [1.807, 2.05) is 6.07 Å². The number of ether oxygens (including phenoxy) is 1. The Kier molecular flexibility index (Phi) is 2.92. The maximum absolute atomic E-state index is 13.0. The zero-order valence-corrected chi connectivity index (χ0v) is 9.55. The van der Waals surface area contributed by atoms with Crippen LogP contribution in [0.4, 0.5) is 4.39 Å². The molecular formula is C11H9BrFNO. The van der Waals surface area contributed by atoms with E-state index in [2.05, 4.69) is 15.9 Å². The van der Waals surface area contributed by atoms with Gasteiger partial charge in [-0.15, -0.1) is 0 Å². The Balaban J connectivity index is 2.22. The summed E-state index contributed by atoms with van der Waals surface area (Å²) in [6, 6.07) is 4.42. The molecule has 1 aliphatic carbocycles. The molecule has 2 nitrogen and oxygen atoms in total. The van der Waals surface area contributed by atoms with Crippen LogP contribution in [-0.2, 0) is 0 Å². The predicted octanol–water partition coefficient (Wildman–Crippen LogP) is 3.25. The first kappa shape index (κ1) is 10.4. The van der Waals surface area contributed by atoms with Crippen LogP contribution < -0.4 is 4.74 Å². The summed E-state index contributed by atoms with van der Waals surface area (Å²) in [6.07, 6.45) is 2.36. The molecule has 15 heavy (non-hydrogen) atoms. The minimum absolute atomic E-state index is 0.238. The summed E-state index contributed by atoms with van der Waals surface area (Å²) in [5.74, 6) is 0.622. The van der Waals surface area contributed by atoms with Crippen LogP contribution in [0.5, 0.6) is 5.75 Å². The molecule has 0 radical (unpaired) electrons. The largest absolute Gasteiger partial charge is 0.491 e. The molecule has 1 saturated carbocycles. The van der Waals surface area contributed by atoms with Crippen molar-refractivity contribution in [1.29, 1.82) is 5.26 Å². The lowest BCUT2D eigenvalue weighted by Crippen LogP contribution is -2.01. The monoisotopic (exact) mass is 269 g/mol. The lowest BCUT2D eigenvalue weighted by atomic mass is 10.2. The molecule has 0 saturated heterocycles. The van der Waals surface area contributed by atoms with Gasteiger partial charge in [0.1, 0.15) is 11.9 Å². The highest BCUT2D eigenvalue weighted by Crippen LogP contribution is 2.34. The summed E-state index contributed by atoms with van der Waals surface area (Å²) in [4.78, 5) is 0. The van der Waals surface area contributed by atoms with Crippen molar-refractivity contribution in [1.82, 2.24) is 0 Å². The van der Waals surface area contributed by atoms with Crippen LogP contribution >= 0.6 is 15.9 Å². The molecule has 0 bridgehead atoms. The SMILES string of the molecule is N#Cc1cc(F)cc(Br)c1OCC1CC1. The zero-order chi connectivity index (χ0) is 10.8. The Labute approximate surface area is 95.8 Å². The van der Waals surface area contributed by atoms with Crippen molar-refractivity contribution in [3.8, 4) is 11.8 Å². The number of hydrogen-bond acceptors (Lipinski definition) is 2. The molecular weight excluding hydrogens is 261 g/mol. The van der Waals surface area contributed by atoms with Crippen LogP contribution in [0.2, 0.25) is 0 Å². The van der Waals surface area contributed by atoms with Crippen LogP contribution in [0.15, 0.2) is 16.6 Å². The number of rotatable bonds is 3. The van der Waals surface area contributed by atoms with Gasteiger partial charge in [-0.2, -0.15) is 5.26 Å². The second-order valence-electron chi connectivity index (χ2n) is 3.63. The van der Waals surface area contributed by atoms with E-state index in [-0.39, 0.29) is 5.56 Å². The first-order chi connectivity index (χ1) is 7.20. The van der Waals surface area contributed by atoms with Gasteiger partial charge >= 0.3 is 0 Å². The molecule has 0 aliphatic heterocycles. The van der Waals surface area contributed by atoms with Crippen LogP contribution in [0.25, 0.3) is 0 Å². The first-order valence-corrected chi connectivity index (χ1v) is 5.52. The van der Waals surface area contributed by atoms with Gasteiger partial charge in [0.25, 0.3) is 0 Å². The van der Waals surface area contributed by atoms with Gasteiger partial charge in [-0.25, -0.2) is 4.39 Å². The predicted molar refractivity (Wildman–Crippen MR) is 57.0 cm³/mol. The molecule has 4 heteroatoms. The number of hydrogen-bond donors (Lipinski definition) is 0. The second kappa shape index (κ2) is 4.19. The fraction of sp³-hybridized carbons (Fsp3) is 0.364. The van der Waals surface area contributed by atoms with Gasteiger partial charge < -0.3 is 4.74 Å². The van der Waals surface area contributed by atoms with Gasteiger partial charge in [-0.1, -0.05) is 0 Å². The van der Waals surface area contributed by atoms with Gasteiger partial charge in [0.05, 0.1) is 16.6 Å². The number of nitrogens with zero attached hydrogens (tertiary/aromatic N) is 1. The van der Waals surface area contributed by atoms with Crippen molar-refractivity contribution in [3.63, 3.8) is 0 Å². The third kappa shape index (κ3) is 2.48. The standard InChI is InChI=1S/C11H9BrFNO/c12-10-4-9(13)3-8(5-14)11(10)15-6-7-1-2-7/h3-4,7H,1-2,6H2. The lowest BCUT2D eigenvalue weighted by Gasteiger charge is -2.09. The van der Waals surface area contributed by atoms with Crippen molar-refractivity contribution in [2.75, 3.05) is 6.61 Å².